The molecule has 0 aromatic heterocycles. The van der Waals surface area contributed by atoms with Gasteiger partial charge in [-0.1, -0.05) is 0 Å². The van der Waals surface area contributed by atoms with E-state index >= 15 is 0 Å². The molecule has 1 atom stereocenters. The first-order chi connectivity index (χ1) is 10.6. The number of benzene rings is 1. The summed E-state index contributed by atoms with van der Waals surface area (Å²) in [6, 6.07) is 3.03. The Kier molecular flexibility index (Phi) is 5.05. The summed E-state index contributed by atoms with van der Waals surface area (Å²) in [5.41, 5.74) is 0.279. The van der Waals surface area contributed by atoms with Gasteiger partial charge in [0.25, 0.3) is 5.91 Å². The van der Waals surface area contributed by atoms with Crippen LogP contribution in [0.15, 0.2) is 12.1 Å². The van der Waals surface area contributed by atoms with E-state index in [2.05, 4.69) is 5.32 Å². The van der Waals surface area contributed by atoms with Crippen molar-refractivity contribution in [1.82, 2.24) is 5.32 Å². The van der Waals surface area contributed by atoms with Crippen molar-refractivity contribution in [2.75, 3.05) is 34.0 Å². The number of nitrogens with one attached hydrogen (secondary N) is 1. The number of hydrogen-bond acceptors (Lipinski definition) is 6. The lowest BCUT2D eigenvalue weighted by Crippen LogP contribution is -2.37. The molecule has 1 aliphatic heterocycles. The molecule has 1 unspecified atom stereocenters. The molecule has 0 radical (unpaired) electrons. The Balaban J connectivity index is 2.14. The molecule has 1 amide bonds. The molecule has 0 spiro atoms. The van der Waals surface area contributed by atoms with Gasteiger partial charge in [-0.2, -0.15) is 0 Å². The highest BCUT2D eigenvalue weighted by Gasteiger charge is 2.22. The van der Waals surface area contributed by atoms with Crippen molar-refractivity contribution in [1.29, 1.82) is 0 Å². The first-order valence-electron chi connectivity index (χ1n) is 6.58. The van der Waals surface area contributed by atoms with E-state index in [1.807, 2.05) is 0 Å². The van der Waals surface area contributed by atoms with E-state index in [1.165, 1.54) is 26.4 Å². The quantitative estimate of drug-likeness (QED) is 0.778. The van der Waals surface area contributed by atoms with Gasteiger partial charge in [-0.05, 0) is 12.1 Å². The number of carboxylic acid groups (broad SMARTS) is 1. The lowest BCUT2D eigenvalue weighted by Gasteiger charge is -2.21. The predicted molar refractivity (Wildman–Crippen MR) is 74.8 cm³/mol. The maximum Gasteiger partial charge on any atom is 0.334 e. The van der Waals surface area contributed by atoms with Crippen molar-refractivity contribution in [3.63, 3.8) is 0 Å². The summed E-state index contributed by atoms with van der Waals surface area (Å²) in [5.74, 6) is -0.368. The lowest BCUT2D eigenvalue weighted by molar-refractivity contribution is -0.148. The number of rotatable bonds is 6. The lowest BCUT2D eigenvalue weighted by atomic mass is 10.1. The smallest absolute Gasteiger partial charge is 0.334 e. The summed E-state index contributed by atoms with van der Waals surface area (Å²) in [6.45, 7) is 0.635. The fraction of sp³-hybridized carbons (Fsp3) is 0.429. The molecule has 0 aliphatic carbocycles. The fourth-order valence-corrected chi connectivity index (χ4v) is 1.96. The zero-order valence-corrected chi connectivity index (χ0v) is 12.3. The maximum absolute atomic E-state index is 12.1. The third-order valence-corrected chi connectivity index (χ3v) is 3.10. The van der Waals surface area contributed by atoms with E-state index in [4.69, 9.17) is 24.1 Å². The number of carbonyl (C=O) groups is 2. The summed E-state index contributed by atoms with van der Waals surface area (Å²) in [4.78, 5) is 23.0. The molecular formula is C14H17NO7. The molecule has 0 bridgehead atoms. The minimum atomic E-state index is -1.15. The number of aliphatic carboxylic acids is 1. The standard InChI is InChI=1S/C14H17NO7/c1-19-9-5-8(6-10-12(9)22-4-3-21-10)13(16)15-7-11(20-2)14(17)18/h5-6,11H,3-4,7H2,1-2H3,(H,15,16)(H,17,18). The van der Waals surface area contributed by atoms with Gasteiger partial charge in [-0.15, -0.1) is 0 Å². The van der Waals surface area contributed by atoms with Crippen LogP contribution < -0.4 is 19.5 Å². The van der Waals surface area contributed by atoms with E-state index in [0.717, 1.165) is 0 Å². The van der Waals surface area contributed by atoms with Crippen LogP contribution in [-0.4, -0.2) is 57.1 Å². The van der Waals surface area contributed by atoms with Crippen LogP contribution >= 0.6 is 0 Å². The van der Waals surface area contributed by atoms with Crippen molar-refractivity contribution < 1.29 is 33.6 Å². The SMILES string of the molecule is COc1cc(C(=O)NCC(OC)C(=O)O)cc2c1OCCO2. The second kappa shape index (κ2) is 6.99. The van der Waals surface area contributed by atoms with Crippen LogP contribution in [0.3, 0.4) is 0 Å². The van der Waals surface area contributed by atoms with E-state index in [1.54, 1.807) is 0 Å². The van der Waals surface area contributed by atoms with Crippen LogP contribution in [0.4, 0.5) is 0 Å². The first kappa shape index (κ1) is 15.9. The molecule has 0 fully saturated rings. The average molecular weight is 311 g/mol. The number of hydrogen-bond donors (Lipinski definition) is 2. The summed E-state index contributed by atoms with van der Waals surface area (Å²) >= 11 is 0. The number of amides is 1. The van der Waals surface area contributed by atoms with Crippen molar-refractivity contribution in [2.24, 2.45) is 0 Å². The van der Waals surface area contributed by atoms with Gasteiger partial charge < -0.3 is 29.4 Å². The Labute approximate surface area is 126 Å². The highest BCUT2D eigenvalue weighted by molar-refractivity contribution is 5.96. The Bertz CT molecular complexity index is 555. The molecule has 0 saturated carbocycles. The molecule has 120 valence electrons. The van der Waals surface area contributed by atoms with Gasteiger partial charge in [0.1, 0.15) is 13.2 Å². The number of carbonyl (C=O) groups excluding carboxylic acids is 1. The predicted octanol–water partition coefficient (Wildman–Crippen LogP) is 0.296. The molecule has 1 aromatic rings. The molecule has 2 N–H and O–H groups in total. The van der Waals surface area contributed by atoms with Crippen molar-refractivity contribution in [2.45, 2.75) is 6.10 Å². The fourth-order valence-electron chi connectivity index (χ4n) is 1.96. The third-order valence-electron chi connectivity index (χ3n) is 3.10. The van der Waals surface area contributed by atoms with E-state index < -0.39 is 18.0 Å². The van der Waals surface area contributed by atoms with Gasteiger partial charge in [0.15, 0.2) is 17.6 Å². The van der Waals surface area contributed by atoms with E-state index in [-0.39, 0.29) is 12.1 Å². The monoisotopic (exact) mass is 311 g/mol. The van der Waals surface area contributed by atoms with E-state index in [0.29, 0.717) is 30.5 Å². The topological polar surface area (TPSA) is 103 Å². The zero-order valence-electron chi connectivity index (χ0n) is 12.3. The summed E-state index contributed by atoms with van der Waals surface area (Å²) in [6.07, 6.45) is -1.11. The number of carboxylic acids is 1. The van der Waals surface area contributed by atoms with Gasteiger partial charge in [-0.25, -0.2) is 4.79 Å². The third kappa shape index (κ3) is 3.40. The van der Waals surface area contributed by atoms with Crippen molar-refractivity contribution >= 4 is 11.9 Å². The highest BCUT2D eigenvalue weighted by atomic mass is 16.6. The molecule has 2 rings (SSSR count). The largest absolute Gasteiger partial charge is 0.493 e. The second-order valence-corrected chi connectivity index (χ2v) is 4.48. The summed E-state index contributed by atoms with van der Waals surface area (Å²) in [7, 11) is 2.72. The molecule has 22 heavy (non-hydrogen) atoms. The number of ether oxygens (including phenoxy) is 4. The molecular weight excluding hydrogens is 294 g/mol. The van der Waals surface area contributed by atoms with Crippen LogP contribution in [0, 0.1) is 0 Å². The first-order valence-corrected chi connectivity index (χ1v) is 6.58. The average Bonchev–Trinajstić information content (AvgIpc) is 2.53. The number of fused-ring (bicyclic) bond motifs is 1. The second-order valence-electron chi connectivity index (χ2n) is 4.48. The Hall–Kier alpha value is -2.48. The zero-order chi connectivity index (χ0) is 16.1. The Morgan fingerprint density at radius 3 is 2.68 bits per heavy atom. The number of methoxy groups -OCH3 is 2. The summed E-state index contributed by atoms with van der Waals surface area (Å²) < 4.78 is 20.8. The van der Waals surface area contributed by atoms with Gasteiger partial charge in [0, 0.05) is 12.7 Å². The Morgan fingerprint density at radius 1 is 1.32 bits per heavy atom. The molecule has 1 aromatic carbocycles. The van der Waals surface area contributed by atoms with Crippen molar-refractivity contribution in [3.05, 3.63) is 17.7 Å². The van der Waals surface area contributed by atoms with Crippen LogP contribution in [0.2, 0.25) is 0 Å². The van der Waals surface area contributed by atoms with Crippen LogP contribution in [0.25, 0.3) is 0 Å². The molecule has 8 heteroatoms. The minimum absolute atomic E-state index is 0.151. The Morgan fingerprint density at radius 2 is 2.05 bits per heavy atom. The normalized spacial score (nSPS) is 14.1. The van der Waals surface area contributed by atoms with Crippen LogP contribution in [-0.2, 0) is 9.53 Å². The maximum atomic E-state index is 12.1. The van der Waals surface area contributed by atoms with Gasteiger partial charge in [0.2, 0.25) is 5.75 Å². The molecule has 8 nitrogen and oxygen atoms in total. The van der Waals surface area contributed by atoms with Crippen LogP contribution in [0.1, 0.15) is 10.4 Å². The van der Waals surface area contributed by atoms with Gasteiger partial charge in [-0.3, -0.25) is 4.79 Å². The molecule has 1 aliphatic rings. The van der Waals surface area contributed by atoms with Crippen molar-refractivity contribution in [3.8, 4) is 17.2 Å². The molecule has 0 saturated heterocycles. The van der Waals surface area contributed by atoms with E-state index in [9.17, 15) is 9.59 Å². The van der Waals surface area contributed by atoms with Gasteiger partial charge in [0.05, 0.1) is 13.7 Å². The highest BCUT2D eigenvalue weighted by Crippen LogP contribution is 2.40. The van der Waals surface area contributed by atoms with Crippen LogP contribution in [0.5, 0.6) is 17.2 Å². The molecule has 1 heterocycles. The van der Waals surface area contributed by atoms with Gasteiger partial charge >= 0.3 is 5.97 Å². The minimum Gasteiger partial charge on any atom is -0.493 e. The summed E-state index contributed by atoms with van der Waals surface area (Å²) in [5, 5.41) is 11.4.